The molecule has 0 aliphatic heterocycles. The van der Waals surface area contributed by atoms with Crippen LogP contribution < -0.4 is 5.32 Å². The number of benzene rings is 1. The van der Waals surface area contributed by atoms with Crippen molar-refractivity contribution in [2.45, 2.75) is 19.7 Å². The number of carbonyl (C=O) groups is 1. The molecule has 1 amide bonds. The lowest BCUT2D eigenvalue weighted by Gasteiger charge is -2.29. The highest BCUT2D eigenvalue weighted by molar-refractivity contribution is 8.10. The van der Waals surface area contributed by atoms with E-state index < -0.39 is 18.4 Å². The first-order valence-corrected chi connectivity index (χ1v) is 9.10. The highest BCUT2D eigenvalue weighted by Gasteiger charge is 2.35. The van der Waals surface area contributed by atoms with Crippen LogP contribution in [0.3, 0.4) is 0 Å². The van der Waals surface area contributed by atoms with E-state index in [-0.39, 0.29) is 0 Å². The van der Waals surface area contributed by atoms with Crippen molar-refractivity contribution in [1.29, 1.82) is 0 Å². The highest BCUT2D eigenvalue weighted by Crippen LogP contribution is 2.61. The average molecular weight is 317 g/mol. The summed E-state index contributed by atoms with van der Waals surface area (Å²) in [6.45, 7) is 1.70. The SMILES string of the molecule is CCOP(=S)(OCC)C(OC(=O)NC)c1ccccc1. The Bertz CT molecular complexity index is 459. The van der Waals surface area contributed by atoms with Crippen molar-refractivity contribution in [3.63, 3.8) is 0 Å². The average Bonchev–Trinajstić information content (AvgIpc) is 2.45. The fraction of sp³-hybridized carbons (Fsp3) is 0.462. The molecule has 1 aromatic carbocycles. The maximum Gasteiger partial charge on any atom is 0.408 e. The first-order chi connectivity index (χ1) is 9.57. The van der Waals surface area contributed by atoms with Crippen LogP contribution in [0, 0.1) is 0 Å². The van der Waals surface area contributed by atoms with Crippen LogP contribution in [0.15, 0.2) is 30.3 Å². The standard InChI is InChI=1S/C13H20NO4PS/c1-4-16-19(20,17-5-2)12(18-13(15)14-3)11-9-7-6-8-10-11/h6-10,12H,4-5H2,1-3H3,(H,14,15). The second-order valence-corrected chi connectivity index (χ2v) is 7.39. The molecule has 1 N–H and O–H groups in total. The molecule has 1 aromatic rings. The van der Waals surface area contributed by atoms with E-state index in [1.807, 2.05) is 44.2 Å². The molecule has 0 saturated heterocycles. The molecule has 0 fully saturated rings. The summed E-state index contributed by atoms with van der Waals surface area (Å²) < 4.78 is 16.7. The van der Waals surface area contributed by atoms with Crippen LogP contribution in [0.4, 0.5) is 4.79 Å². The van der Waals surface area contributed by atoms with Gasteiger partial charge in [0.2, 0.25) is 12.3 Å². The minimum Gasteiger partial charge on any atom is -0.431 e. The number of nitrogens with one attached hydrogen (secondary N) is 1. The maximum atomic E-state index is 11.6. The molecule has 0 bridgehead atoms. The van der Waals surface area contributed by atoms with E-state index in [0.717, 1.165) is 5.56 Å². The van der Waals surface area contributed by atoms with Crippen molar-refractivity contribution < 1.29 is 18.6 Å². The Morgan fingerprint density at radius 1 is 1.25 bits per heavy atom. The molecule has 112 valence electrons. The smallest absolute Gasteiger partial charge is 0.408 e. The summed E-state index contributed by atoms with van der Waals surface area (Å²) in [6.07, 6.45) is -0.563. The first kappa shape index (κ1) is 17.1. The van der Waals surface area contributed by atoms with Crippen LogP contribution in [0.1, 0.15) is 25.3 Å². The Hall–Kier alpha value is -0.940. The van der Waals surface area contributed by atoms with Crippen LogP contribution in [0.25, 0.3) is 0 Å². The molecule has 1 unspecified atom stereocenters. The lowest BCUT2D eigenvalue weighted by Crippen LogP contribution is -2.23. The summed E-state index contributed by atoms with van der Waals surface area (Å²) in [5.74, 6) is -0.724. The van der Waals surface area contributed by atoms with E-state index in [2.05, 4.69) is 5.32 Å². The number of amides is 1. The van der Waals surface area contributed by atoms with Gasteiger partial charge in [0.1, 0.15) is 0 Å². The topological polar surface area (TPSA) is 56.8 Å². The van der Waals surface area contributed by atoms with E-state index in [1.54, 1.807) is 0 Å². The minimum absolute atomic E-state index is 0.401. The van der Waals surface area contributed by atoms with E-state index in [1.165, 1.54) is 7.05 Å². The molecule has 0 aliphatic carbocycles. The number of rotatable bonds is 7. The molecule has 0 spiro atoms. The summed E-state index contributed by atoms with van der Waals surface area (Å²) >= 11 is 5.53. The van der Waals surface area contributed by atoms with Crippen molar-refractivity contribution in [3.8, 4) is 0 Å². The number of ether oxygens (including phenoxy) is 1. The van der Waals surface area contributed by atoms with E-state index >= 15 is 0 Å². The van der Waals surface area contributed by atoms with E-state index in [0.29, 0.717) is 13.2 Å². The van der Waals surface area contributed by atoms with Gasteiger partial charge in [-0.25, -0.2) is 4.79 Å². The number of carbonyl (C=O) groups excluding carboxylic acids is 1. The van der Waals surface area contributed by atoms with Gasteiger partial charge in [0.05, 0.1) is 13.2 Å². The number of alkyl carbamates (subject to hydrolysis) is 1. The molecule has 20 heavy (non-hydrogen) atoms. The summed E-state index contributed by atoms with van der Waals surface area (Å²) in [7, 11) is 1.50. The molecule has 0 heterocycles. The Labute approximate surface area is 124 Å². The lowest BCUT2D eigenvalue weighted by atomic mass is 10.2. The summed E-state index contributed by atoms with van der Waals surface area (Å²) in [5, 5.41) is 2.42. The summed E-state index contributed by atoms with van der Waals surface area (Å²) in [4.78, 5) is 11.6. The zero-order valence-corrected chi connectivity index (χ0v) is 13.6. The maximum absolute atomic E-state index is 11.6. The van der Waals surface area contributed by atoms with Gasteiger partial charge in [-0.1, -0.05) is 30.3 Å². The molecular weight excluding hydrogens is 297 g/mol. The van der Waals surface area contributed by atoms with E-state index in [4.69, 9.17) is 25.6 Å². The van der Waals surface area contributed by atoms with Gasteiger partial charge >= 0.3 is 6.09 Å². The predicted molar refractivity (Wildman–Crippen MR) is 82.3 cm³/mol. The van der Waals surface area contributed by atoms with Crippen LogP contribution in [0.5, 0.6) is 0 Å². The van der Waals surface area contributed by atoms with Crippen LogP contribution in [-0.4, -0.2) is 26.4 Å². The third-order valence-electron chi connectivity index (χ3n) is 2.41. The van der Waals surface area contributed by atoms with Gasteiger partial charge < -0.3 is 19.1 Å². The number of hydrogen-bond donors (Lipinski definition) is 1. The van der Waals surface area contributed by atoms with Crippen LogP contribution >= 0.6 is 6.49 Å². The molecule has 5 nitrogen and oxygen atoms in total. The van der Waals surface area contributed by atoms with Crippen LogP contribution in [-0.2, 0) is 25.6 Å². The molecule has 0 aromatic heterocycles. The molecule has 0 aliphatic rings. The monoisotopic (exact) mass is 317 g/mol. The summed E-state index contributed by atoms with van der Waals surface area (Å²) in [5.41, 5.74) is 0.765. The zero-order valence-electron chi connectivity index (χ0n) is 11.9. The Kier molecular flexibility index (Phi) is 7.16. The van der Waals surface area contributed by atoms with Gasteiger partial charge in [0.25, 0.3) is 0 Å². The zero-order chi connectivity index (χ0) is 15.0. The van der Waals surface area contributed by atoms with Crippen molar-refractivity contribution in [2.24, 2.45) is 0 Å². The Morgan fingerprint density at radius 3 is 2.25 bits per heavy atom. The molecule has 0 saturated carbocycles. The number of hydrogen-bond acceptors (Lipinski definition) is 5. The lowest BCUT2D eigenvalue weighted by molar-refractivity contribution is 0.117. The Morgan fingerprint density at radius 2 is 1.80 bits per heavy atom. The summed E-state index contributed by atoms with van der Waals surface area (Å²) in [6, 6.07) is 9.27. The third-order valence-corrected chi connectivity index (χ3v) is 5.83. The van der Waals surface area contributed by atoms with Gasteiger partial charge in [-0.05, 0) is 25.7 Å². The van der Waals surface area contributed by atoms with Crippen molar-refractivity contribution in [3.05, 3.63) is 35.9 Å². The van der Waals surface area contributed by atoms with E-state index in [9.17, 15) is 4.79 Å². The third kappa shape index (κ3) is 4.56. The van der Waals surface area contributed by atoms with Crippen molar-refractivity contribution in [1.82, 2.24) is 5.32 Å². The molecule has 1 rings (SSSR count). The second-order valence-electron chi connectivity index (χ2n) is 3.79. The fourth-order valence-corrected chi connectivity index (χ4v) is 4.58. The quantitative estimate of drug-likeness (QED) is 0.781. The first-order valence-electron chi connectivity index (χ1n) is 6.39. The molecule has 0 radical (unpaired) electrons. The van der Waals surface area contributed by atoms with Crippen molar-refractivity contribution in [2.75, 3.05) is 20.3 Å². The minimum atomic E-state index is -2.77. The van der Waals surface area contributed by atoms with Crippen LogP contribution in [0.2, 0.25) is 0 Å². The largest absolute Gasteiger partial charge is 0.431 e. The fourth-order valence-electron chi connectivity index (χ4n) is 1.63. The van der Waals surface area contributed by atoms with Crippen molar-refractivity contribution >= 4 is 24.4 Å². The molecule has 7 heteroatoms. The molecular formula is C13H20NO4PS. The van der Waals surface area contributed by atoms with Gasteiger partial charge in [0.15, 0.2) is 0 Å². The normalized spacial score (nSPS) is 12.8. The molecule has 1 atom stereocenters. The second kappa shape index (κ2) is 8.37. The van der Waals surface area contributed by atoms with Gasteiger partial charge in [-0.2, -0.15) is 0 Å². The van der Waals surface area contributed by atoms with Gasteiger partial charge in [-0.15, -0.1) is 0 Å². The van der Waals surface area contributed by atoms with Gasteiger partial charge in [-0.3, -0.25) is 0 Å². The Balaban J connectivity index is 3.14. The van der Waals surface area contributed by atoms with Gasteiger partial charge in [0, 0.05) is 12.6 Å². The highest BCUT2D eigenvalue weighted by atomic mass is 32.5. The predicted octanol–water partition coefficient (Wildman–Crippen LogP) is 3.42.